The molecular weight excluding hydrogens is 244 g/mol. The average Bonchev–Trinajstić information content (AvgIpc) is 2.92. The number of imidazole rings is 1. The van der Waals surface area contributed by atoms with E-state index in [1.165, 1.54) is 0 Å². The van der Waals surface area contributed by atoms with Gasteiger partial charge in [-0.25, -0.2) is 4.98 Å². The summed E-state index contributed by atoms with van der Waals surface area (Å²) in [6.45, 7) is 2.39. The highest BCUT2D eigenvalue weighted by Gasteiger charge is 2.19. The van der Waals surface area contributed by atoms with Crippen molar-refractivity contribution in [3.8, 4) is 11.5 Å². The third-order valence-electron chi connectivity index (χ3n) is 3.13. The van der Waals surface area contributed by atoms with Crippen molar-refractivity contribution in [3.05, 3.63) is 18.0 Å². The molecule has 1 aliphatic heterocycles. The predicted molar refractivity (Wildman–Crippen MR) is 72.3 cm³/mol. The van der Waals surface area contributed by atoms with Crippen molar-refractivity contribution in [2.75, 3.05) is 27.4 Å². The summed E-state index contributed by atoms with van der Waals surface area (Å²) in [7, 11) is 4.05. The monoisotopic (exact) mass is 262 g/mol. The molecule has 0 fully saturated rings. The fourth-order valence-corrected chi connectivity index (χ4v) is 2.35. The minimum Gasteiger partial charge on any atom is -0.454 e. The van der Waals surface area contributed by atoms with Gasteiger partial charge in [0.2, 0.25) is 6.79 Å². The Morgan fingerprint density at radius 1 is 1.32 bits per heavy atom. The van der Waals surface area contributed by atoms with Gasteiger partial charge >= 0.3 is 0 Å². The van der Waals surface area contributed by atoms with Crippen LogP contribution in [0.3, 0.4) is 0 Å². The van der Waals surface area contributed by atoms with Gasteiger partial charge in [0.15, 0.2) is 11.5 Å². The first-order valence-electron chi connectivity index (χ1n) is 6.32. The van der Waals surface area contributed by atoms with E-state index in [4.69, 9.17) is 15.2 Å². The van der Waals surface area contributed by atoms with E-state index in [1.807, 2.05) is 26.2 Å². The molecule has 0 spiro atoms. The Morgan fingerprint density at radius 3 is 2.74 bits per heavy atom. The average molecular weight is 262 g/mol. The lowest BCUT2D eigenvalue weighted by atomic mass is 10.2. The lowest BCUT2D eigenvalue weighted by Crippen LogP contribution is -2.18. The fourth-order valence-electron chi connectivity index (χ4n) is 2.35. The molecular formula is C13H18N4O2. The minimum absolute atomic E-state index is 0.281. The summed E-state index contributed by atoms with van der Waals surface area (Å²) >= 11 is 0. The highest BCUT2D eigenvalue weighted by molar-refractivity contribution is 5.81. The van der Waals surface area contributed by atoms with Gasteiger partial charge < -0.3 is 24.7 Å². The van der Waals surface area contributed by atoms with Gasteiger partial charge in [-0.1, -0.05) is 0 Å². The van der Waals surface area contributed by atoms with Crippen LogP contribution in [0.1, 0.15) is 5.82 Å². The lowest BCUT2D eigenvalue weighted by Gasteiger charge is -2.11. The molecule has 1 aromatic heterocycles. The predicted octanol–water partition coefficient (Wildman–Crippen LogP) is 0.785. The summed E-state index contributed by atoms with van der Waals surface area (Å²) in [5, 5.41) is 0. The van der Waals surface area contributed by atoms with Crippen LogP contribution in [-0.4, -0.2) is 41.9 Å². The van der Waals surface area contributed by atoms with Crippen molar-refractivity contribution in [2.45, 2.75) is 13.1 Å². The SMILES string of the molecule is CN(C)Cc1nc2cc3c(cc2n1CCN)OCO3. The molecule has 19 heavy (non-hydrogen) atoms. The molecule has 2 aromatic rings. The van der Waals surface area contributed by atoms with Gasteiger partial charge in [-0.05, 0) is 14.1 Å². The Bertz CT molecular complexity index is 606. The number of ether oxygens (including phenoxy) is 2. The van der Waals surface area contributed by atoms with Crippen LogP contribution < -0.4 is 15.2 Å². The van der Waals surface area contributed by atoms with Crippen molar-refractivity contribution >= 4 is 11.0 Å². The summed E-state index contributed by atoms with van der Waals surface area (Å²) in [5.74, 6) is 2.55. The molecule has 0 unspecified atom stereocenters. The van der Waals surface area contributed by atoms with Gasteiger partial charge in [-0.2, -0.15) is 0 Å². The molecule has 0 saturated carbocycles. The van der Waals surface area contributed by atoms with E-state index >= 15 is 0 Å². The third-order valence-corrected chi connectivity index (χ3v) is 3.13. The van der Waals surface area contributed by atoms with Gasteiger partial charge in [-0.3, -0.25) is 0 Å². The van der Waals surface area contributed by atoms with Crippen LogP contribution in [0, 0.1) is 0 Å². The summed E-state index contributed by atoms with van der Waals surface area (Å²) in [5.41, 5.74) is 7.68. The number of fused-ring (bicyclic) bond motifs is 2. The standard InChI is InChI=1S/C13H18N4O2/c1-16(2)7-13-15-9-5-11-12(19-8-18-11)6-10(9)17(13)4-3-14/h5-6H,3-4,7-8,14H2,1-2H3. The Hall–Kier alpha value is -1.79. The first-order valence-corrected chi connectivity index (χ1v) is 6.32. The second kappa shape index (κ2) is 4.71. The number of nitrogens with two attached hydrogens (primary N) is 1. The lowest BCUT2D eigenvalue weighted by molar-refractivity contribution is 0.174. The van der Waals surface area contributed by atoms with E-state index in [9.17, 15) is 0 Å². The number of hydrogen-bond acceptors (Lipinski definition) is 5. The number of nitrogens with zero attached hydrogens (tertiary/aromatic N) is 3. The summed E-state index contributed by atoms with van der Waals surface area (Å²) in [6.07, 6.45) is 0. The van der Waals surface area contributed by atoms with E-state index in [-0.39, 0.29) is 6.79 Å². The van der Waals surface area contributed by atoms with E-state index < -0.39 is 0 Å². The molecule has 0 atom stereocenters. The summed E-state index contributed by atoms with van der Waals surface area (Å²) < 4.78 is 13.0. The van der Waals surface area contributed by atoms with Gasteiger partial charge in [0, 0.05) is 25.2 Å². The van der Waals surface area contributed by atoms with Gasteiger partial charge in [-0.15, -0.1) is 0 Å². The highest BCUT2D eigenvalue weighted by atomic mass is 16.7. The number of hydrogen-bond donors (Lipinski definition) is 1. The third kappa shape index (κ3) is 2.13. The molecule has 2 N–H and O–H groups in total. The Morgan fingerprint density at radius 2 is 2.05 bits per heavy atom. The van der Waals surface area contributed by atoms with Gasteiger partial charge in [0.1, 0.15) is 5.82 Å². The molecule has 102 valence electrons. The largest absolute Gasteiger partial charge is 0.454 e. The van der Waals surface area contributed by atoms with Crippen LogP contribution in [0.15, 0.2) is 12.1 Å². The zero-order valence-electron chi connectivity index (χ0n) is 11.2. The fraction of sp³-hybridized carbons (Fsp3) is 0.462. The van der Waals surface area contributed by atoms with E-state index in [0.717, 1.165) is 41.4 Å². The Kier molecular flexibility index (Phi) is 3.04. The maximum Gasteiger partial charge on any atom is 0.231 e. The van der Waals surface area contributed by atoms with Crippen molar-refractivity contribution < 1.29 is 9.47 Å². The molecule has 0 radical (unpaired) electrons. The van der Waals surface area contributed by atoms with Crippen LogP contribution in [0.4, 0.5) is 0 Å². The second-order valence-electron chi connectivity index (χ2n) is 4.90. The molecule has 0 saturated heterocycles. The summed E-state index contributed by atoms with van der Waals surface area (Å²) in [4.78, 5) is 6.77. The maximum atomic E-state index is 5.71. The van der Waals surface area contributed by atoms with Gasteiger partial charge in [0.25, 0.3) is 0 Å². The molecule has 0 bridgehead atoms. The smallest absolute Gasteiger partial charge is 0.231 e. The Balaban J connectivity index is 2.13. The van der Waals surface area contributed by atoms with Crippen LogP contribution in [0.25, 0.3) is 11.0 Å². The maximum absolute atomic E-state index is 5.71. The minimum atomic E-state index is 0.281. The molecule has 2 heterocycles. The normalized spacial score (nSPS) is 13.7. The highest BCUT2D eigenvalue weighted by Crippen LogP contribution is 2.36. The summed E-state index contributed by atoms with van der Waals surface area (Å²) in [6, 6.07) is 3.92. The van der Waals surface area contributed by atoms with Crippen molar-refractivity contribution in [1.82, 2.24) is 14.5 Å². The molecule has 3 rings (SSSR count). The molecule has 0 aliphatic carbocycles. The van der Waals surface area contributed by atoms with E-state index in [1.54, 1.807) is 0 Å². The van der Waals surface area contributed by atoms with Crippen molar-refractivity contribution in [2.24, 2.45) is 5.73 Å². The molecule has 1 aromatic carbocycles. The van der Waals surface area contributed by atoms with E-state index in [2.05, 4.69) is 14.5 Å². The number of benzene rings is 1. The molecule has 6 nitrogen and oxygen atoms in total. The topological polar surface area (TPSA) is 65.5 Å². The van der Waals surface area contributed by atoms with Crippen LogP contribution in [0.5, 0.6) is 11.5 Å². The second-order valence-corrected chi connectivity index (χ2v) is 4.90. The van der Waals surface area contributed by atoms with E-state index in [0.29, 0.717) is 6.54 Å². The van der Waals surface area contributed by atoms with Crippen LogP contribution in [-0.2, 0) is 13.1 Å². The number of rotatable bonds is 4. The molecule has 1 aliphatic rings. The number of aromatic nitrogens is 2. The first-order chi connectivity index (χ1) is 9.19. The van der Waals surface area contributed by atoms with Crippen molar-refractivity contribution in [3.63, 3.8) is 0 Å². The molecule has 6 heteroatoms. The quantitative estimate of drug-likeness (QED) is 0.882. The van der Waals surface area contributed by atoms with Gasteiger partial charge in [0.05, 0.1) is 17.6 Å². The van der Waals surface area contributed by atoms with Crippen LogP contribution >= 0.6 is 0 Å². The zero-order valence-corrected chi connectivity index (χ0v) is 11.2. The zero-order chi connectivity index (χ0) is 13.4. The van der Waals surface area contributed by atoms with Crippen LogP contribution in [0.2, 0.25) is 0 Å². The van der Waals surface area contributed by atoms with Crippen molar-refractivity contribution in [1.29, 1.82) is 0 Å². The first kappa shape index (κ1) is 12.3. The Labute approximate surface area is 111 Å². The molecule has 0 amide bonds.